The van der Waals surface area contributed by atoms with Gasteiger partial charge in [-0.2, -0.15) is 0 Å². The maximum atomic E-state index is 13.8. The van der Waals surface area contributed by atoms with Crippen LogP contribution in [0.15, 0.2) is 72.4 Å². The highest BCUT2D eigenvalue weighted by Gasteiger charge is 2.40. The smallest absolute Gasteiger partial charge is 0.282 e. The number of hydrogen-bond acceptors (Lipinski definition) is 4. The van der Waals surface area contributed by atoms with Crippen molar-refractivity contribution < 1.29 is 14.0 Å². The van der Waals surface area contributed by atoms with Crippen molar-refractivity contribution in [2.75, 3.05) is 29.2 Å². The molecule has 5 nitrogen and oxygen atoms in total. The fourth-order valence-electron chi connectivity index (χ4n) is 3.85. The zero-order chi connectivity index (χ0) is 23.0. The Balaban J connectivity index is 1.86. The molecule has 1 aliphatic heterocycles. The zero-order valence-corrected chi connectivity index (χ0v) is 18.4. The lowest BCUT2D eigenvalue weighted by Gasteiger charge is -2.19. The van der Waals surface area contributed by atoms with Gasteiger partial charge in [0.1, 0.15) is 11.5 Å². The molecule has 162 valence electrons. The molecule has 0 aromatic heterocycles. The second-order valence-electron chi connectivity index (χ2n) is 8.06. The van der Waals surface area contributed by atoms with Gasteiger partial charge in [-0.3, -0.25) is 9.59 Å². The van der Waals surface area contributed by atoms with E-state index in [1.165, 1.54) is 17.0 Å². The van der Waals surface area contributed by atoms with Gasteiger partial charge in [0.15, 0.2) is 0 Å². The average molecular weight is 429 g/mol. The van der Waals surface area contributed by atoms with Gasteiger partial charge < -0.3 is 10.2 Å². The van der Waals surface area contributed by atoms with E-state index in [0.29, 0.717) is 16.9 Å². The fraction of sp³-hybridized carbons (Fsp3) is 0.154. The SMILES string of the molecule is Cc1ccc(C2=C(Nc3cccc(F)c3)C(=O)N(c3cccc(N(C)C)c3)C2=O)c(C)c1. The van der Waals surface area contributed by atoms with E-state index in [1.54, 1.807) is 30.3 Å². The van der Waals surface area contributed by atoms with Gasteiger partial charge in [-0.1, -0.05) is 35.9 Å². The lowest BCUT2D eigenvalue weighted by atomic mass is 9.97. The predicted molar refractivity (Wildman–Crippen MR) is 126 cm³/mol. The number of amides is 2. The fourth-order valence-corrected chi connectivity index (χ4v) is 3.85. The Morgan fingerprint density at radius 2 is 1.62 bits per heavy atom. The molecule has 0 aliphatic carbocycles. The third-order valence-electron chi connectivity index (χ3n) is 5.43. The van der Waals surface area contributed by atoms with Gasteiger partial charge in [0.2, 0.25) is 0 Å². The molecular formula is C26H24FN3O2. The molecule has 0 saturated heterocycles. The van der Waals surface area contributed by atoms with E-state index in [9.17, 15) is 14.0 Å². The first-order valence-electron chi connectivity index (χ1n) is 10.3. The summed E-state index contributed by atoms with van der Waals surface area (Å²) in [6, 6.07) is 18.8. The van der Waals surface area contributed by atoms with Crippen molar-refractivity contribution in [3.05, 3.63) is 94.9 Å². The molecule has 4 rings (SSSR count). The highest BCUT2D eigenvalue weighted by molar-refractivity contribution is 6.46. The molecule has 0 unspecified atom stereocenters. The Labute approximate surface area is 186 Å². The first-order valence-corrected chi connectivity index (χ1v) is 10.3. The Kier molecular flexibility index (Phi) is 5.53. The van der Waals surface area contributed by atoms with Crippen LogP contribution in [0.4, 0.5) is 21.5 Å². The number of aryl methyl sites for hydroxylation is 2. The molecule has 32 heavy (non-hydrogen) atoms. The normalized spacial score (nSPS) is 13.7. The van der Waals surface area contributed by atoms with Crippen LogP contribution in [0.25, 0.3) is 5.57 Å². The van der Waals surface area contributed by atoms with Crippen molar-refractivity contribution in [1.82, 2.24) is 0 Å². The second-order valence-corrected chi connectivity index (χ2v) is 8.06. The summed E-state index contributed by atoms with van der Waals surface area (Å²) in [6.45, 7) is 3.87. The standard InChI is InChI=1S/C26H24FN3O2/c1-16-11-12-22(17(2)13-16)23-24(28-19-8-5-7-18(27)14-19)26(32)30(25(23)31)21-10-6-9-20(15-21)29(3)4/h5-15,28H,1-4H3. The Bertz CT molecular complexity index is 1260. The van der Waals surface area contributed by atoms with Crippen molar-refractivity contribution in [3.8, 4) is 0 Å². The molecular weight excluding hydrogens is 405 g/mol. The van der Waals surface area contributed by atoms with Gasteiger partial charge >= 0.3 is 0 Å². The van der Waals surface area contributed by atoms with Crippen LogP contribution in [-0.2, 0) is 9.59 Å². The van der Waals surface area contributed by atoms with Crippen LogP contribution in [0, 0.1) is 19.7 Å². The Hall–Kier alpha value is -3.93. The van der Waals surface area contributed by atoms with Crippen molar-refractivity contribution in [1.29, 1.82) is 0 Å². The van der Waals surface area contributed by atoms with Crippen LogP contribution in [0.3, 0.4) is 0 Å². The molecule has 1 N–H and O–H groups in total. The summed E-state index contributed by atoms with van der Waals surface area (Å²) in [5.74, 6) is -1.34. The molecule has 0 radical (unpaired) electrons. The van der Waals surface area contributed by atoms with E-state index >= 15 is 0 Å². The lowest BCUT2D eigenvalue weighted by molar-refractivity contribution is -0.120. The van der Waals surface area contributed by atoms with Gasteiger partial charge in [-0.15, -0.1) is 0 Å². The van der Waals surface area contributed by atoms with E-state index < -0.39 is 17.6 Å². The monoisotopic (exact) mass is 429 g/mol. The van der Waals surface area contributed by atoms with Gasteiger partial charge in [-0.25, -0.2) is 9.29 Å². The molecule has 3 aromatic rings. The maximum Gasteiger partial charge on any atom is 0.282 e. The van der Waals surface area contributed by atoms with E-state index in [4.69, 9.17) is 0 Å². The number of imide groups is 1. The largest absolute Gasteiger partial charge is 0.378 e. The van der Waals surface area contributed by atoms with Crippen molar-refractivity contribution in [3.63, 3.8) is 0 Å². The number of hydrogen-bond donors (Lipinski definition) is 1. The van der Waals surface area contributed by atoms with Crippen molar-refractivity contribution in [2.24, 2.45) is 0 Å². The third kappa shape index (κ3) is 3.87. The van der Waals surface area contributed by atoms with Crippen LogP contribution >= 0.6 is 0 Å². The summed E-state index contributed by atoms with van der Waals surface area (Å²) in [5, 5.41) is 3.01. The van der Waals surface area contributed by atoms with Crippen molar-refractivity contribution >= 4 is 34.4 Å². The van der Waals surface area contributed by atoms with Gasteiger partial charge in [-0.05, 0) is 61.4 Å². The first-order chi connectivity index (χ1) is 15.3. The average Bonchev–Trinajstić information content (AvgIpc) is 2.98. The third-order valence-corrected chi connectivity index (χ3v) is 5.43. The minimum Gasteiger partial charge on any atom is -0.378 e. The number of nitrogens with zero attached hydrogens (tertiary/aromatic N) is 2. The van der Waals surface area contributed by atoms with Crippen LogP contribution in [-0.4, -0.2) is 25.9 Å². The molecule has 3 aromatic carbocycles. The Morgan fingerprint density at radius 3 is 2.31 bits per heavy atom. The number of nitrogens with one attached hydrogen (secondary N) is 1. The molecule has 0 saturated carbocycles. The number of anilines is 3. The van der Waals surface area contributed by atoms with E-state index in [2.05, 4.69) is 5.32 Å². The van der Waals surface area contributed by atoms with E-state index in [1.807, 2.05) is 57.1 Å². The van der Waals surface area contributed by atoms with Gasteiger partial charge in [0, 0.05) is 25.5 Å². The molecule has 2 amide bonds. The molecule has 0 fully saturated rings. The summed E-state index contributed by atoms with van der Waals surface area (Å²) in [6.07, 6.45) is 0. The molecule has 0 atom stereocenters. The molecule has 1 aliphatic rings. The molecule has 1 heterocycles. The summed E-state index contributed by atoms with van der Waals surface area (Å²) in [4.78, 5) is 30.2. The van der Waals surface area contributed by atoms with Crippen LogP contribution in [0.2, 0.25) is 0 Å². The first kappa shape index (κ1) is 21.3. The summed E-state index contributed by atoms with van der Waals surface area (Å²) >= 11 is 0. The number of carbonyl (C=O) groups excluding carboxylic acids is 2. The summed E-state index contributed by atoms with van der Waals surface area (Å²) in [7, 11) is 3.78. The maximum absolute atomic E-state index is 13.8. The Morgan fingerprint density at radius 1 is 0.875 bits per heavy atom. The van der Waals surface area contributed by atoms with Crippen LogP contribution in [0.1, 0.15) is 16.7 Å². The van der Waals surface area contributed by atoms with Crippen LogP contribution in [0.5, 0.6) is 0 Å². The highest BCUT2D eigenvalue weighted by Crippen LogP contribution is 2.36. The number of rotatable bonds is 5. The minimum atomic E-state index is -0.481. The minimum absolute atomic E-state index is 0.128. The highest BCUT2D eigenvalue weighted by atomic mass is 19.1. The predicted octanol–water partition coefficient (Wildman–Crippen LogP) is 4.91. The number of halogens is 1. The number of benzene rings is 3. The summed E-state index contributed by atoms with van der Waals surface area (Å²) in [5.41, 5.74) is 4.73. The van der Waals surface area contributed by atoms with Gasteiger partial charge in [0.05, 0.1) is 11.3 Å². The summed E-state index contributed by atoms with van der Waals surface area (Å²) < 4.78 is 13.8. The quantitative estimate of drug-likeness (QED) is 0.586. The lowest BCUT2D eigenvalue weighted by Crippen LogP contribution is -2.32. The molecule has 0 bridgehead atoms. The molecule has 0 spiro atoms. The second kappa shape index (κ2) is 8.30. The van der Waals surface area contributed by atoms with Crippen molar-refractivity contribution in [2.45, 2.75) is 13.8 Å². The topological polar surface area (TPSA) is 52.7 Å². The van der Waals surface area contributed by atoms with Gasteiger partial charge in [0.25, 0.3) is 11.8 Å². The van der Waals surface area contributed by atoms with Crippen LogP contribution < -0.4 is 15.1 Å². The zero-order valence-electron chi connectivity index (χ0n) is 18.4. The van der Waals surface area contributed by atoms with E-state index in [0.717, 1.165) is 16.8 Å². The van der Waals surface area contributed by atoms with E-state index in [-0.39, 0.29) is 11.3 Å². The molecule has 6 heteroatoms. The number of carbonyl (C=O) groups is 2.